The maximum Gasteiger partial charge on any atom is 0.244 e. The first-order valence-corrected chi connectivity index (χ1v) is 10.7. The molecule has 1 N–H and O–H groups in total. The van der Waals surface area contributed by atoms with Gasteiger partial charge in [0.1, 0.15) is 11.3 Å². The van der Waals surface area contributed by atoms with E-state index < -0.39 is 0 Å². The highest BCUT2D eigenvalue weighted by atomic mass is 79.9. The summed E-state index contributed by atoms with van der Waals surface area (Å²) >= 11 is 3.53. The Balaban J connectivity index is 1.71. The number of ether oxygens (including phenoxy) is 1. The lowest BCUT2D eigenvalue weighted by atomic mass is 9.99. The van der Waals surface area contributed by atoms with E-state index in [2.05, 4.69) is 33.4 Å². The maximum atomic E-state index is 12.5. The molecular weight excluding hydrogens is 430 g/mol. The number of halogens is 1. The minimum Gasteiger partial charge on any atom is -0.496 e. The number of furan rings is 1. The summed E-state index contributed by atoms with van der Waals surface area (Å²) in [4.78, 5) is 12.5. The smallest absolute Gasteiger partial charge is 0.244 e. The molecule has 5 heteroatoms. The molecule has 0 atom stereocenters. The third-order valence-corrected chi connectivity index (χ3v) is 6.00. The normalized spacial score (nSPS) is 15.1. The lowest BCUT2D eigenvalue weighted by molar-refractivity contribution is -0.117. The Bertz CT molecular complexity index is 1080. The van der Waals surface area contributed by atoms with Crippen LogP contribution in [0.5, 0.6) is 5.75 Å². The first kappa shape index (κ1) is 19.8. The summed E-state index contributed by atoms with van der Waals surface area (Å²) < 4.78 is 12.4. The van der Waals surface area contributed by atoms with Crippen molar-refractivity contribution in [2.24, 2.45) is 0 Å². The van der Waals surface area contributed by atoms with Gasteiger partial charge in [0.05, 0.1) is 13.4 Å². The van der Waals surface area contributed by atoms with Gasteiger partial charge in [-0.25, -0.2) is 0 Å². The summed E-state index contributed by atoms with van der Waals surface area (Å²) in [6.45, 7) is 1.94. The van der Waals surface area contributed by atoms with Crippen molar-refractivity contribution in [1.82, 2.24) is 5.32 Å². The first-order valence-electron chi connectivity index (χ1n) is 9.89. The molecule has 1 fully saturated rings. The van der Waals surface area contributed by atoms with Crippen LogP contribution in [0, 0.1) is 0 Å². The molecule has 29 heavy (non-hydrogen) atoms. The highest BCUT2D eigenvalue weighted by Crippen LogP contribution is 2.37. The van der Waals surface area contributed by atoms with Gasteiger partial charge in [-0.3, -0.25) is 4.79 Å². The average Bonchev–Trinajstić information content (AvgIpc) is 3.36. The zero-order valence-corrected chi connectivity index (χ0v) is 18.2. The van der Waals surface area contributed by atoms with Crippen LogP contribution in [0.15, 0.2) is 57.6 Å². The fourth-order valence-corrected chi connectivity index (χ4v) is 4.40. The zero-order chi connectivity index (χ0) is 20.4. The quantitative estimate of drug-likeness (QED) is 0.458. The van der Waals surface area contributed by atoms with Crippen molar-refractivity contribution in [2.75, 3.05) is 7.11 Å². The minimum absolute atomic E-state index is 0.0454. The number of fused-ring (bicyclic) bond motifs is 1. The highest BCUT2D eigenvalue weighted by molar-refractivity contribution is 9.10. The third-order valence-electron chi connectivity index (χ3n) is 5.51. The van der Waals surface area contributed by atoms with Gasteiger partial charge >= 0.3 is 0 Å². The standard InChI is InChI=1S/C24H24BrNO3/c1-15(10-24(27)26-18-8-3-4-9-18)19-12-20-21(16-6-5-7-17(25)11-16)14-29-23(20)13-22(19)28-2/h5-7,10-14,18H,3-4,8-9H2,1-2H3,(H,26,27)/b15-10+. The number of methoxy groups -OCH3 is 1. The van der Waals surface area contributed by atoms with Crippen molar-refractivity contribution in [3.05, 3.63) is 58.8 Å². The second kappa shape index (κ2) is 8.46. The molecule has 0 saturated heterocycles. The van der Waals surface area contributed by atoms with E-state index >= 15 is 0 Å². The van der Waals surface area contributed by atoms with E-state index in [9.17, 15) is 4.79 Å². The monoisotopic (exact) mass is 453 g/mol. The number of benzene rings is 2. The van der Waals surface area contributed by atoms with Crippen molar-refractivity contribution < 1.29 is 13.9 Å². The summed E-state index contributed by atoms with van der Waals surface area (Å²) in [7, 11) is 1.63. The van der Waals surface area contributed by atoms with E-state index in [1.165, 1.54) is 12.8 Å². The molecule has 4 rings (SSSR count). The maximum absolute atomic E-state index is 12.5. The number of carbonyl (C=O) groups excluding carboxylic acids is 1. The molecule has 2 aromatic carbocycles. The Kier molecular flexibility index (Phi) is 5.76. The number of nitrogens with one attached hydrogen (secondary N) is 1. The summed E-state index contributed by atoms with van der Waals surface area (Å²) in [5, 5.41) is 4.10. The van der Waals surface area contributed by atoms with Crippen molar-refractivity contribution >= 4 is 38.4 Å². The van der Waals surface area contributed by atoms with Crippen LogP contribution in [-0.2, 0) is 4.79 Å². The molecule has 150 valence electrons. The van der Waals surface area contributed by atoms with Crippen LogP contribution in [0.4, 0.5) is 0 Å². The first-order chi connectivity index (χ1) is 14.0. The van der Waals surface area contributed by atoms with E-state index in [0.717, 1.165) is 50.5 Å². The number of allylic oxidation sites excluding steroid dienone is 1. The Hall–Kier alpha value is -2.53. The Morgan fingerprint density at radius 3 is 2.76 bits per heavy atom. The van der Waals surface area contributed by atoms with Crippen molar-refractivity contribution in [3.8, 4) is 16.9 Å². The molecule has 1 saturated carbocycles. The van der Waals surface area contributed by atoms with E-state index in [-0.39, 0.29) is 5.91 Å². The van der Waals surface area contributed by atoms with E-state index in [4.69, 9.17) is 9.15 Å². The van der Waals surface area contributed by atoms with Crippen LogP contribution in [0.25, 0.3) is 27.7 Å². The second-order valence-corrected chi connectivity index (χ2v) is 8.44. The molecule has 1 aromatic heterocycles. The fraction of sp³-hybridized carbons (Fsp3) is 0.292. The summed E-state index contributed by atoms with van der Waals surface area (Å²) in [6, 6.07) is 12.3. The van der Waals surface area contributed by atoms with Crippen LogP contribution in [0.3, 0.4) is 0 Å². The number of hydrogen-bond donors (Lipinski definition) is 1. The number of rotatable bonds is 5. The zero-order valence-electron chi connectivity index (χ0n) is 16.6. The number of amides is 1. The van der Waals surface area contributed by atoms with Gasteiger partial charge in [-0.1, -0.05) is 40.9 Å². The van der Waals surface area contributed by atoms with Crippen LogP contribution in [-0.4, -0.2) is 19.1 Å². The Morgan fingerprint density at radius 2 is 2.03 bits per heavy atom. The van der Waals surface area contributed by atoms with Gasteiger partial charge in [0.25, 0.3) is 0 Å². The topological polar surface area (TPSA) is 51.5 Å². The summed E-state index contributed by atoms with van der Waals surface area (Å²) in [5.74, 6) is 0.644. The third kappa shape index (κ3) is 4.25. The van der Waals surface area contributed by atoms with Crippen LogP contribution in [0.1, 0.15) is 38.2 Å². The fourth-order valence-electron chi connectivity index (χ4n) is 4.00. The predicted octanol–water partition coefficient (Wildman–Crippen LogP) is 6.33. The van der Waals surface area contributed by atoms with E-state index in [0.29, 0.717) is 11.8 Å². The Labute approximate surface area is 179 Å². The van der Waals surface area contributed by atoms with E-state index in [1.807, 2.05) is 31.2 Å². The van der Waals surface area contributed by atoms with Crippen LogP contribution < -0.4 is 10.1 Å². The van der Waals surface area contributed by atoms with E-state index in [1.54, 1.807) is 19.4 Å². The van der Waals surface area contributed by atoms with Gasteiger partial charge in [-0.15, -0.1) is 0 Å². The molecule has 1 amide bonds. The van der Waals surface area contributed by atoms with Gasteiger partial charge in [0.15, 0.2) is 0 Å². The minimum atomic E-state index is -0.0454. The summed E-state index contributed by atoms with van der Waals surface area (Å²) in [6.07, 6.45) is 7.95. The largest absolute Gasteiger partial charge is 0.496 e. The molecule has 3 aromatic rings. The highest BCUT2D eigenvalue weighted by Gasteiger charge is 2.18. The van der Waals surface area contributed by atoms with Gasteiger partial charge in [-0.05, 0) is 49.1 Å². The predicted molar refractivity (Wildman–Crippen MR) is 120 cm³/mol. The molecule has 1 aliphatic rings. The molecule has 0 radical (unpaired) electrons. The lowest BCUT2D eigenvalue weighted by Gasteiger charge is -2.12. The lowest BCUT2D eigenvalue weighted by Crippen LogP contribution is -2.31. The van der Waals surface area contributed by atoms with Gasteiger partial charge in [-0.2, -0.15) is 0 Å². The number of hydrogen-bond acceptors (Lipinski definition) is 3. The van der Waals surface area contributed by atoms with Crippen LogP contribution in [0.2, 0.25) is 0 Å². The van der Waals surface area contributed by atoms with Gasteiger partial charge < -0.3 is 14.5 Å². The molecule has 0 aliphatic heterocycles. The molecule has 0 unspecified atom stereocenters. The molecule has 0 spiro atoms. The van der Waals surface area contributed by atoms with Crippen molar-refractivity contribution in [1.29, 1.82) is 0 Å². The molecule has 1 aliphatic carbocycles. The van der Waals surface area contributed by atoms with Crippen molar-refractivity contribution in [2.45, 2.75) is 38.6 Å². The second-order valence-electron chi connectivity index (χ2n) is 7.53. The molecular formula is C24H24BrNO3. The molecule has 4 nitrogen and oxygen atoms in total. The van der Waals surface area contributed by atoms with Crippen molar-refractivity contribution in [3.63, 3.8) is 0 Å². The SMILES string of the molecule is COc1cc2occ(-c3cccc(Br)c3)c2cc1/C(C)=C/C(=O)NC1CCCC1. The Morgan fingerprint density at radius 1 is 1.24 bits per heavy atom. The van der Waals surface area contributed by atoms with Crippen LogP contribution >= 0.6 is 15.9 Å². The molecule has 0 bridgehead atoms. The van der Waals surface area contributed by atoms with Gasteiger partial charge in [0, 0.05) is 39.2 Å². The number of carbonyl (C=O) groups is 1. The average molecular weight is 454 g/mol. The molecule has 1 heterocycles. The van der Waals surface area contributed by atoms with Gasteiger partial charge in [0.2, 0.25) is 5.91 Å². The summed E-state index contributed by atoms with van der Waals surface area (Å²) in [5.41, 5.74) is 4.58.